The number of hydrogen-bond donors (Lipinski definition) is 0. The minimum atomic E-state index is -0.0998. The number of nitriles is 1. The number of nitrogens with zero attached hydrogens (tertiary/aromatic N) is 2. The Kier molecular flexibility index (Phi) is 3.12. The van der Waals surface area contributed by atoms with Gasteiger partial charge < -0.3 is 9.64 Å². The lowest BCUT2D eigenvalue weighted by atomic mass is 9.97. The SMILES string of the molecule is N#CC1CCN(Cc2ccc3c(c2)CCO3)C(=O)C1. The topological polar surface area (TPSA) is 53.3 Å². The number of rotatable bonds is 2. The van der Waals surface area contributed by atoms with Crippen molar-refractivity contribution < 1.29 is 9.53 Å². The highest BCUT2D eigenvalue weighted by Crippen LogP contribution is 2.27. The molecule has 4 heteroatoms. The van der Waals surface area contributed by atoms with Crippen LogP contribution in [0.15, 0.2) is 18.2 Å². The molecule has 4 nitrogen and oxygen atoms in total. The Bertz CT molecular complexity index is 548. The first-order valence-corrected chi connectivity index (χ1v) is 6.68. The van der Waals surface area contributed by atoms with Gasteiger partial charge in [0.05, 0.1) is 18.6 Å². The van der Waals surface area contributed by atoms with Crippen LogP contribution in [0.25, 0.3) is 0 Å². The van der Waals surface area contributed by atoms with E-state index in [1.807, 2.05) is 17.0 Å². The molecular formula is C15H16N2O2. The Balaban J connectivity index is 1.69. The van der Waals surface area contributed by atoms with Gasteiger partial charge in [0.1, 0.15) is 5.75 Å². The van der Waals surface area contributed by atoms with Crippen molar-refractivity contribution in [1.82, 2.24) is 4.90 Å². The van der Waals surface area contributed by atoms with Gasteiger partial charge in [0.25, 0.3) is 0 Å². The normalized spacial score (nSPS) is 21.7. The van der Waals surface area contributed by atoms with Crippen LogP contribution in [-0.4, -0.2) is 24.0 Å². The zero-order valence-electron chi connectivity index (χ0n) is 10.8. The predicted molar refractivity (Wildman–Crippen MR) is 69.4 cm³/mol. The van der Waals surface area contributed by atoms with Crippen LogP contribution in [0.2, 0.25) is 0 Å². The summed E-state index contributed by atoms with van der Waals surface area (Å²) in [6, 6.07) is 8.33. The third-order valence-corrected chi connectivity index (χ3v) is 3.83. The van der Waals surface area contributed by atoms with Crippen LogP contribution in [0.1, 0.15) is 24.0 Å². The summed E-state index contributed by atoms with van der Waals surface area (Å²) in [6.07, 6.45) is 2.11. The van der Waals surface area contributed by atoms with Crippen LogP contribution in [0, 0.1) is 17.2 Å². The third-order valence-electron chi connectivity index (χ3n) is 3.83. The Labute approximate surface area is 112 Å². The van der Waals surface area contributed by atoms with Crippen LogP contribution in [0.3, 0.4) is 0 Å². The highest BCUT2D eigenvalue weighted by molar-refractivity contribution is 5.77. The molecule has 1 fully saturated rings. The Morgan fingerprint density at radius 1 is 1.47 bits per heavy atom. The molecule has 19 heavy (non-hydrogen) atoms. The predicted octanol–water partition coefficient (Wildman–Crippen LogP) is 1.88. The molecule has 2 heterocycles. The number of carbonyl (C=O) groups excluding carboxylic acids is 1. The van der Waals surface area contributed by atoms with Gasteiger partial charge in [-0.25, -0.2) is 0 Å². The second kappa shape index (κ2) is 4.93. The molecule has 1 aromatic rings. The van der Waals surface area contributed by atoms with Crippen molar-refractivity contribution in [2.45, 2.75) is 25.8 Å². The maximum atomic E-state index is 12.0. The van der Waals surface area contributed by atoms with E-state index in [0.29, 0.717) is 19.5 Å². The minimum absolute atomic E-state index is 0.0922. The summed E-state index contributed by atoms with van der Waals surface area (Å²) >= 11 is 0. The Morgan fingerprint density at radius 2 is 2.37 bits per heavy atom. The molecule has 1 unspecified atom stereocenters. The molecule has 0 N–H and O–H groups in total. The number of piperidine rings is 1. The number of carbonyl (C=O) groups is 1. The molecule has 0 aliphatic carbocycles. The molecule has 0 saturated carbocycles. The molecule has 3 rings (SSSR count). The van der Waals surface area contributed by atoms with E-state index < -0.39 is 0 Å². The number of amides is 1. The van der Waals surface area contributed by atoms with Gasteiger partial charge in [0.2, 0.25) is 5.91 Å². The molecule has 0 aromatic heterocycles. The Morgan fingerprint density at radius 3 is 3.16 bits per heavy atom. The van der Waals surface area contributed by atoms with Crippen molar-refractivity contribution >= 4 is 5.91 Å². The largest absolute Gasteiger partial charge is 0.493 e. The van der Waals surface area contributed by atoms with E-state index in [-0.39, 0.29) is 11.8 Å². The van der Waals surface area contributed by atoms with Crippen molar-refractivity contribution in [3.63, 3.8) is 0 Å². The molecule has 1 amide bonds. The molecule has 0 spiro atoms. The first-order valence-electron chi connectivity index (χ1n) is 6.68. The van der Waals surface area contributed by atoms with E-state index in [1.54, 1.807) is 0 Å². The monoisotopic (exact) mass is 256 g/mol. The van der Waals surface area contributed by atoms with Crippen LogP contribution < -0.4 is 4.74 Å². The average Bonchev–Trinajstić information content (AvgIpc) is 2.88. The summed E-state index contributed by atoms with van der Waals surface area (Å²) in [7, 11) is 0. The van der Waals surface area contributed by atoms with E-state index in [0.717, 1.165) is 30.8 Å². The van der Waals surface area contributed by atoms with Gasteiger partial charge in [-0.1, -0.05) is 12.1 Å². The molecular weight excluding hydrogens is 240 g/mol. The van der Waals surface area contributed by atoms with E-state index >= 15 is 0 Å². The van der Waals surface area contributed by atoms with Gasteiger partial charge >= 0.3 is 0 Å². The minimum Gasteiger partial charge on any atom is -0.493 e. The standard InChI is InChI=1S/C15H16N2O2/c16-9-11-3-5-17(15(18)8-11)10-12-1-2-14-13(7-12)4-6-19-14/h1-2,7,11H,3-6,8,10H2. The molecule has 1 saturated heterocycles. The van der Waals surface area contributed by atoms with E-state index in [2.05, 4.69) is 12.1 Å². The van der Waals surface area contributed by atoms with Crippen molar-refractivity contribution in [1.29, 1.82) is 5.26 Å². The average molecular weight is 256 g/mol. The first kappa shape index (κ1) is 12.0. The van der Waals surface area contributed by atoms with Gasteiger partial charge in [-0.3, -0.25) is 4.79 Å². The summed E-state index contributed by atoms with van der Waals surface area (Å²) in [5.41, 5.74) is 2.38. The zero-order chi connectivity index (χ0) is 13.2. The lowest BCUT2D eigenvalue weighted by Crippen LogP contribution is -2.37. The van der Waals surface area contributed by atoms with Crippen molar-refractivity contribution in [2.24, 2.45) is 5.92 Å². The third kappa shape index (κ3) is 2.41. The number of benzene rings is 1. The summed E-state index contributed by atoms with van der Waals surface area (Å²) in [6.45, 7) is 2.08. The van der Waals surface area contributed by atoms with Gasteiger partial charge in [-0.05, 0) is 23.6 Å². The highest BCUT2D eigenvalue weighted by Gasteiger charge is 2.25. The van der Waals surface area contributed by atoms with Gasteiger partial charge in [-0.15, -0.1) is 0 Å². The molecule has 2 aliphatic heterocycles. The quantitative estimate of drug-likeness (QED) is 0.812. The van der Waals surface area contributed by atoms with Crippen molar-refractivity contribution in [3.8, 4) is 11.8 Å². The summed E-state index contributed by atoms with van der Waals surface area (Å²) in [5.74, 6) is 0.963. The van der Waals surface area contributed by atoms with E-state index in [1.165, 1.54) is 5.56 Å². The smallest absolute Gasteiger partial charge is 0.224 e. The van der Waals surface area contributed by atoms with Crippen LogP contribution in [0.5, 0.6) is 5.75 Å². The molecule has 2 aliphatic rings. The summed E-state index contributed by atoms with van der Waals surface area (Å²) in [5, 5.41) is 8.86. The maximum Gasteiger partial charge on any atom is 0.224 e. The first-order chi connectivity index (χ1) is 9.26. The lowest BCUT2D eigenvalue weighted by molar-refractivity contribution is -0.134. The van der Waals surface area contributed by atoms with E-state index in [9.17, 15) is 4.79 Å². The molecule has 1 aromatic carbocycles. The Hall–Kier alpha value is -2.02. The maximum absolute atomic E-state index is 12.0. The second-order valence-corrected chi connectivity index (χ2v) is 5.17. The van der Waals surface area contributed by atoms with E-state index in [4.69, 9.17) is 10.00 Å². The fourth-order valence-corrected chi connectivity index (χ4v) is 2.71. The van der Waals surface area contributed by atoms with Crippen molar-refractivity contribution in [3.05, 3.63) is 29.3 Å². The number of fused-ring (bicyclic) bond motifs is 1. The molecule has 98 valence electrons. The highest BCUT2D eigenvalue weighted by atomic mass is 16.5. The second-order valence-electron chi connectivity index (χ2n) is 5.17. The summed E-state index contributed by atoms with van der Waals surface area (Å²) in [4.78, 5) is 13.8. The van der Waals surface area contributed by atoms with Crippen LogP contribution in [-0.2, 0) is 17.8 Å². The van der Waals surface area contributed by atoms with Crippen LogP contribution >= 0.6 is 0 Å². The number of ether oxygens (including phenoxy) is 1. The van der Waals surface area contributed by atoms with Crippen LogP contribution in [0.4, 0.5) is 0 Å². The fourth-order valence-electron chi connectivity index (χ4n) is 2.71. The lowest BCUT2D eigenvalue weighted by Gasteiger charge is -2.29. The zero-order valence-corrected chi connectivity index (χ0v) is 10.8. The summed E-state index contributed by atoms with van der Waals surface area (Å²) < 4.78 is 5.48. The van der Waals surface area contributed by atoms with Gasteiger partial charge in [-0.2, -0.15) is 5.26 Å². The van der Waals surface area contributed by atoms with Crippen molar-refractivity contribution in [2.75, 3.05) is 13.2 Å². The molecule has 0 bridgehead atoms. The number of hydrogen-bond acceptors (Lipinski definition) is 3. The fraction of sp³-hybridized carbons (Fsp3) is 0.467. The van der Waals surface area contributed by atoms with Gasteiger partial charge in [0.15, 0.2) is 0 Å². The number of likely N-dealkylation sites (tertiary alicyclic amines) is 1. The molecule has 0 radical (unpaired) electrons. The molecule has 1 atom stereocenters. The van der Waals surface area contributed by atoms with Gasteiger partial charge in [0, 0.05) is 25.9 Å².